The van der Waals surface area contributed by atoms with Gasteiger partial charge in [0.1, 0.15) is 0 Å². The second-order valence-corrected chi connectivity index (χ2v) is 0.316. The number of hydrogen-bond donors (Lipinski definition) is 1. The van der Waals surface area contributed by atoms with E-state index in [0.29, 0.717) is 0 Å². The molecule has 1 N–H and O–H groups in total. The molecule has 1 nitrogen and oxygen atoms in total. The standard InChI is InChI=1S/C2H6O.Nb.Zr/c1-2-3;;/h3H,2H2,1H3;;. The molecule has 0 bridgehead atoms. The van der Waals surface area contributed by atoms with Gasteiger partial charge in [-0.2, -0.15) is 0 Å². The van der Waals surface area contributed by atoms with Crippen molar-refractivity contribution >= 4 is 0 Å². The van der Waals surface area contributed by atoms with E-state index in [2.05, 4.69) is 0 Å². The monoisotopic (exact) mass is 229 g/mol. The van der Waals surface area contributed by atoms with Crippen LogP contribution in [-0.2, 0) is 48.6 Å². The van der Waals surface area contributed by atoms with Crippen molar-refractivity contribution in [2.75, 3.05) is 6.61 Å². The summed E-state index contributed by atoms with van der Waals surface area (Å²) in [5, 5.41) is 7.57. The van der Waals surface area contributed by atoms with Gasteiger partial charge in [-0.3, -0.25) is 0 Å². The van der Waals surface area contributed by atoms with Crippen molar-refractivity contribution in [3.05, 3.63) is 0 Å². The summed E-state index contributed by atoms with van der Waals surface area (Å²) in [6, 6.07) is 0. The first-order chi connectivity index (χ1) is 1.41. The van der Waals surface area contributed by atoms with Crippen LogP contribution in [0.15, 0.2) is 0 Å². The molecule has 0 saturated carbocycles. The minimum absolute atomic E-state index is 0. The van der Waals surface area contributed by atoms with Crippen molar-refractivity contribution in [3.8, 4) is 0 Å². The third-order valence-corrected chi connectivity index (χ3v) is 0. The van der Waals surface area contributed by atoms with E-state index in [4.69, 9.17) is 5.11 Å². The Bertz CT molecular complexity index is 9.61. The van der Waals surface area contributed by atoms with Crippen LogP contribution in [-0.4, -0.2) is 11.7 Å². The fourth-order valence-corrected chi connectivity index (χ4v) is 0. The molecular weight excluding hydrogens is 224 g/mol. The maximum absolute atomic E-state index is 7.57. The van der Waals surface area contributed by atoms with Crippen LogP contribution in [0, 0.1) is 0 Å². The molecule has 0 fully saturated rings. The van der Waals surface area contributed by atoms with Crippen molar-refractivity contribution in [2.45, 2.75) is 6.92 Å². The predicted molar refractivity (Wildman–Crippen MR) is 12.8 cm³/mol. The van der Waals surface area contributed by atoms with Crippen LogP contribution in [0.2, 0.25) is 0 Å². The molecule has 0 aliphatic carbocycles. The summed E-state index contributed by atoms with van der Waals surface area (Å²) in [5.74, 6) is 0. The molecular formula is C2H6NbOZr. The fourth-order valence-electron chi connectivity index (χ4n) is 0. The van der Waals surface area contributed by atoms with Crippen LogP contribution in [0.1, 0.15) is 6.92 Å². The van der Waals surface area contributed by atoms with Crippen molar-refractivity contribution in [3.63, 3.8) is 0 Å². The second-order valence-electron chi connectivity index (χ2n) is 0.316. The molecule has 0 rings (SSSR count). The van der Waals surface area contributed by atoms with Crippen molar-refractivity contribution in [1.82, 2.24) is 0 Å². The number of aliphatic hydroxyl groups excluding tert-OH is 1. The van der Waals surface area contributed by atoms with Gasteiger partial charge in [0.15, 0.2) is 0 Å². The van der Waals surface area contributed by atoms with Crippen LogP contribution in [0.4, 0.5) is 0 Å². The summed E-state index contributed by atoms with van der Waals surface area (Å²) in [6.45, 7) is 1.93. The number of aliphatic hydroxyl groups is 1. The molecule has 0 aromatic carbocycles. The molecule has 0 unspecified atom stereocenters. The van der Waals surface area contributed by atoms with E-state index >= 15 is 0 Å². The summed E-state index contributed by atoms with van der Waals surface area (Å²) < 4.78 is 0. The van der Waals surface area contributed by atoms with Gasteiger partial charge in [-0.25, -0.2) is 0 Å². The first kappa shape index (κ1) is 16.0. The van der Waals surface area contributed by atoms with Gasteiger partial charge in [-0.1, -0.05) is 0 Å². The Morgan fingerprint density at radius 2 is 1.60 bits per heavy atom. The summed E-state index contributed by atoms with van der Waals surface area (Å²) in [5.41, 5.74) is 0. The fraction of sp³-hybridized carbons (Fsp3) is 1.00. The minimum Gasteiger partial charge on any atom is -0.397 e. The molecule has 3 heteroatoms. The van der Waals surface area contributed by atoms with Crippen LogP contribution >= 0.6 is 0 Å². The van der Waals surface area contributed by atoms with Gasteiger partial charge in [0.05, 0.1) is 0 Å². The SMILES string of the molecule is CCO.[Nb].[Zr]. The van der Waals surface area contributed by atoms with Crippen LogP contribution < -0.4 is 0 Å². The van der Waals surface area contributed by atoms with Gasteiger partial charge in [0, 0.05) is 55.2 Å². The second kappa shape index (κ2) is 17.6. The third kappa shape index (κ3) is 28.6. The molecule has 1 radical (unpaired) electrons. The quantitative estimate of drug-likeness (QED) is 0.580. The van der Waals surface area contributed by atoms with E-state index in [-0.39, 0.29) is 55.2 Å². The summed E-state index contributed by atoms with van der Waals surface area (Å²) >= 11 is 0. The number of hydrogen-bond acceptors (Lipinski definition) is 1. The molecule has 0 atom stereocenters. The van der Waals surface area contributed by atoms with Crippen molar-refractivity contribution in [1.29, 1.82) is 0 Å². The predicted octanol–water partition coefficient (Wildman–Crippen LogP) is -0.00640. The minimum atomic E-state index is 0. The first-order valence-corrected chi connectivity index (χ1v) is 1.02. The zero-order valence-corrected chi connectivity index (χ0v) is 7.76. The molecule has 0 spiro atoms. The Hall–Kier alpha value is 1.58. The zero-order chi connectivity index (χ0) is 2.71. The molecule has 0 saturated heterocycles. The number of rotatable bonds is 0. The normalized spacial score (nSPS) is 3.60. The van der Waals surface area contributed by atoms with Gasteiger partial charge in [0.25, 0.3) is 0 Å². The average Bonchev–Trinajstić information content (AvgIpc) is 0.918. The zero-order valence-electron chi connectivity index (χ0n) is 3.10. The Morgan fingerprint density at radius 3 is 1.60 bits per heavy atom. The van der Waals surface area contributed by atoms with E-state index in [0.717, 1.165) is 0 Å². The molecule has 29 valence electrons. The third-order valence-electron chi connectivity index (χ3n) is 0. The smallest absolute Gasteiger partial charge is 0.0402 e. The summed E-state index contributed by atoms with van der Waals surface area (Å²) in [4.78, 5) is 0. The topological polar surface area (TPSA) is 20.2 Å². The van der Waals surface area contributed by atoms with E-state index in [1.807, 2.05) is 0 Å². The van der Waals surface area contributed by atoms with Crippen LogP contribution in [0.25, 0.3) is 0 Å². The summed E-state index contributed by atoms with van der Waals surface area (Å²) in [7, 11) is 0. The Kier molecular flexibility index (Phi) is 56.2. The van der Waals surface area contributed by atoms with Gasteiger partial charge in [-0.15, -0.1) is 0 Å². The van der Waals surface area contributed by atoms with Gasteiger partial charge in [-0.05, 0) is 6.92 Å². The molecule has 0 amide bonds. The van der Waals surface area contributed by atoms with Crippen molar-refractivity contribution < 1.29 is 53.7 Å². The largest absolute Gasteiger partial charge is 0.397 e. The maximum atomic E-state index is 7.57. The average molecular weight is 230 g/mol. The van der Waals surface area contributed by atoms with Crippen LogP contribution in [0.5, 0.6) is 0 Å². The van der Waals surface area contributed by atoms with E-state index in [1.165, 1.54) is 0 Å². The first-order valence-electron chi connectivity index (χ1n) is 1.02. The Morgan fingerprint density at radius 1 is 1.60 bits per heavy atom. The van der Waals surface area contributed by atoms with Crippen LogP contribution in [0.3, 0.4) is 0 Å². The molecule has 0 aromatic heterocycles. The van der Waals surface area contributed by atoms with Crippen molar-refractivity contribution in [2.24, 2.45) is 0 Å². The molecule has 0 aliphatic rings. The molecule has 0 heterocycles. The van der Waals surface area contributed by atoms with Gasteiger partial charge in [0.2, 0.25) is 0 Å². The van der Waals surface area contributed by atoms with E-state index in [9.17, 15) is 0 Å². The molecule has 0 aromatic rings. The molecule has 5 heavy (non-hydrogen) atoms. The Labute approximate surface area is 66.8 Å². The Balaban J connectivity index is -0.0000000200. The van der Waals surface area contributed by atoms with Gasteiger partial charge < -0.3 is 5.11 Å². The maximum Gasteiger partial charge on any atom is 0.0402 e. The summed E-state index contributed by atoms with van der Waals surface area (Å²) in [6.07, 6.45) is 0. The van der Waals surface area contributed by atoms with E-state index < -0.39 is 0 Å². The molecule has 0 aliphatic heterocycles. The van der Waals surface area contributed by atoms with E-state index in [1.54, 1.807) is 6.92 Å². The van der Waals surface area contributed by atoms with Gasteiger partial charge >= 0.3 is 0 Å².